The van der Waals surface area contributed by atoms with E-state index in [0.717, 1.165) is 48.1 Å². The molecule has 0 radical (unpaired) electrons. The van der Waals surface area contributed by atoms with Crippen LogP contribution in [0.3, 0.4) is 0 Å². The van der Waals surface area contributed by atoms with Gasteiger partial charge in [-0.2, -0.15) is 0 Å². The van der Waals surface area contributed by atoms with Crippen molar-refractivity contribution in [2.24, 2.45) is 0 Å². The molecule has 5 aromatic rings. The number of hydrogen-bond donors (Lipinski definition) is 4. The third-order valence-electron chi connectivity index (χ3n) is 14.9. The van der Waals surface area contributed by atoms with Crippen molar-refractivity contribution in [3.63, 3.8) is 0 Å². The predicted octanol–water partition coefficient (Wildman–Crippen LogP) is 20.1. The van der Waals surface area contributed by atoms with Crippen molar-refractivity contribution in [2.45, 2.75) is 246 Å². The molecular weight excluding hydrogens is 996 g/mol. The Morgan fingerprint density at radius 1 is 0.400 bits per heavy atom. The van der Waals surface area contributed by atoms with Gasteiger partial charge in [0.05, 0.1) is 0 Å². The Morgan fingerprint density at radius 3 is 0.853 bits per heavy atom. The molecule has 6 rings (SSSR count). The van der Waals surface area contributed by atoms with Gasteiger partial charge in [-0.3, -0.25) is 0 Å². The number of fused-ring (bicyclic) bond motifs is 1. The molecule has 75 heavy (non-hydrogen) atoms. The Labute approximate surface area is 473 Å². The minimum atomic E-state index is -0.218. The molecule has 1 aliphatic rings. The summed E-state index contributed by atoms with van der Waals surface area (Å²) >= 11 is 1.63. The predicted molar refractivity (Wildman–Crippen MR) is 322 cm³/mol. The van der Waals surface area contributed by atoms with Crippen LogP contribution in [-0.4, -0.2) is 20.4 Å². The van der Waals surface area contributed by atoms with Crippen molar-refractivity contribution < 1.29 is 45.1 Å². The molecule has 0 spiro atoms. The first-order chi connectivity index (χ1) is 33.6. The maximum atomic E-state index is 11.4. The van der Waals surface area contributed by atoms with Gasteiger partial charge >= 0.3 is 108 Å². The summed E-state index contributed by atoms with van der Waals surface area (Å²) in [6, 6.07) is 23.5. The van der Waals surface area contributed by atoms with Crippen molar-refractivity contribution in [3.8, 4) is 45.3 Å². The Kier molecular flexibility index (Phi) is 18.6. The van der Waals surface area contributed by atoms with Gasteiger partial charge in [-0.25, -0.2) is 0 Å². The van der Waals surface area contributed by atoms with Crippen LogP contribution >= 0.6 is 0 Å². The average molecular weight is 1100 g/mol. The van der Waals surface area contributed by atoms with Gasteiger partial charge in [0.2, 0.25) is 0 Å². The van der Waals surface area contributed by atoms with Crippen LogP contribution in [-0.2, 0) is 68.0 Å². The average Bonchev–Trinajstić information content (AvgIpc) is 3.56. The van der Waals surface area contributed by atoms with E-state index in [0.29, 0.717) is 28.2 Å². The molecule has 0 fully saturated rings. The molecule has 1 atom stereocenters. The third-order valence-corrected chi connectivity index (χ3v) is 16.6. The van der Waals surface area contributed by atoms with Gasteiger partial charge in [0.15, 0.2) is 0 Å². The van der Waals surface area contributed by atoms with Crippen LogP contribution in [0.2, 0.25) is 0 Å². The number of aromatic hydroxyl groups is 4. The number of phenols is 4. The van der Waals surface area contributed by atoms with Crippen molar-refractivity contribution in [2.75, 3.05) is 0 Å². The zero-order valence-electron chi connectivity index (χ0n) is 52.1. The number of benzene rings is 5. The second-order valence-electron chi connectivity index (χ2n) is 30.2. The molecule has 1 unspecified atom stereocenters. The van der Waals surface area contributed by atoms with Crippen LogP contribution in [0.5, 0.6) is 23.0 Å². The third kappa shape index (κ3) is 14.7. The van der Waals surface area contributed by atoms with E-state index in [1.165, 1.54) is 17.5 Å². The normalized spacial score (nSPS) is 14.7. The van der Waals surface area contributed by atoms with Crippen LogP contribution in [0.25, 0.3) is 28.3 Å². The van der Waals surface area contributed by atoms with E-state index in [1.54, 1.807) is 35.9 Å². The summed E-state index contributed by atoms with van der Waals surface area (Å²) in [6.45, 7) is 58.4. The molecule has 0 aromatic heterocycles. The van der Waals surface area contributed by atoms with Crippen LogP contribution < -0.4 is 0 Å². The molecule has 4 N–H and O–H groups in total. The first-order valence-electron chi connectivity index (χ1n) is 27.7. The second-order valence-corrected chi connectivity index (χ2v) is 31.6. The quantitative estimate of drug-likeness (QED) is 0.145. The van der Waals surface area contributed by atoms with Crippen molar-refractivity contribution in [1.82, 2.24) is 0 Å². The standard InChI is InChI=1S/2C28H42O2.C14H17.Zr/c2*1-25(2,3)17-13-19(23(29)21(15-17)27(7,8)9)20-14-18(26(4,5)6)16-22(24(20)30)28(10,11)12;1-4-11-8-12-6-5-7-13(10(2)3)14(12)9-11;/h2*13-16,29-30H,1-12H3;5-10H,4H2,1-3H3;. The molecule has 0 aliphatic heterocycles. The van der Waals surface area contributed by atoms with E-state index in [1.807, 2.05) is 0 Å². The number of hydrogen-bond acceptors (Lipinski definition) is 4. The summed E-state index contributed by atoms with van der Waals surface area (Å²) in [7, 11) is 0. The van der Waals surface area contributed by atoms with Gasteiger partial charge in [0.1, 0.15) is 23.0 Å². The van der Waals surface area contributed by atoms with E-state index < -0.39 is 0 Å². The summed E-state index contributed by atoms with van der Waals surface area (Å²) in [5.41, 5.74) is 16.1. The monoisotopic (exact) mass is 1100 g/mol. The van der Waals surface area contributed by atoms with Crippen molar-refractivity contribution in [1.29, 1.82) is 0 Å². The number of rotatable bonds is 4. The Bertz CT molecular complexity index is 2570. The number of allylic oxidation sites excluding steroid dienone is 1. The van der Waals surface area contributed by atoms with Crippen LogP contribution in [0.1, 0.15) is 264 Å². The van der Waals surface area contributed by atoms with Gasteiger partial charge in [-0.15, -0.1) is 0 Å². The fourth-order valence-electron chi connectivity index (χ4n) is 9.68. The molecule has 409 valence electrons. The molecule has 5 aromatic carbocycles. The van der Waals surface area contributed by atoms with Gasteiger partial charge in [-0.1, -0.05) is 190 Å². The van der Waals surface area contributed by atoms with Gasteiger partial charge in [0.25, 0.3) is 0 Å². The van der Waals surface area contributed by atoms with E-state index >= 15 is 0 Å². The van der Waals surface area contributed by atoms with Crippen LogP contribution in [0.4, 0.5) is 0 Å². The molecule has 4 nitrogen and oxygen atoms in total. The molecule has 0 heterocycles. The van der Waals surface area contributed by atoms with Gasteiger partial charge in [-0.05, 0) is 89.8 Å². The minimum absolute atomic E-state index is 0.0768. The van der Waals surface area contributed by atoms with Crippen LogP contribution in [0, 0.1) is 0 Å². The van der Waals surface area contributed by atoms with Gasteiger partial charge in [0, 0.05) is 44.5 Å². The number of phenolic OH excluding ortho intramolecular Hbond substituents is 4. The first kappa shape index (κ1) is 63.5. The van der Waals surface area contributed by atoms with E-state index in [9.17, 15) is 20.4 Å². The summed E-state index contributed by atoms with van der Waals surface area (Å²) in [4.78, 5) is 0. The fraction of sp³-hybridized carbons (Fsp3) is 0.543. The molecule has 5 heteroatoms. The zero-order valence-corrected chi connectivity index (χ0v) is 54.5. The molecule has 0 amide bonds. The van der Waals surface area contributed by atoms with E-state index in [-0.39, 0.29) is 66.3 Å². The first-order valence-corrected chi connectivity index (χ1v) is 29.1. The Balaban J connectivity index is 0.000000257. The van der Waals surface area contributed by atoms with E-state index in [4.69, 9.17) is 0 Å². The molecule has 1 aliphatic carbocycles. The summed E-state index contributed by atoms with van der Waals surface area (Å²) < 4.78 is 0.718. The molecule has 0 saturated heterocycles. The van der Waals surface area contributed by atoms with Crippen molar-refractivity contribution in [3.05, 3.63) is 134 Å². The van der Waals surface area contributed by atoms with E-state index in [2.05, 4.69) is 260 Å². The molecule has 0 bridgehead atoms. The second kappa shape index (κ2) is 22.0. The molecular formula is C70H101O4Zr. The SMILES string of the molecule is CC(C)(C)c1cc(-c2cc(C(C)(C)C)cc(C(C)(C)C)c2O)c(O)c(C(C)(C)C)c1.CC(C)(C)c1cc(-c2cc(C(C)(C)C)cc(C(C)(C)C)c2O)c(O)c(C(C)(C)C)c1.CCC1=Cc2c(C(C)C)cccc2[CH]1[Zr]. The maximum absolute atomic E-state index is 11.4. The summed E-state index contributed by atoms with van der Waals surface area (Å²) in [5.74, 6) is 1.68. The Morgan fingerprint density at radius 2 is 0.653 bits per heavy atom. The summed E-state index contributed by atoms with van der Waals surface area (Å²) in [5, 5.41) is 45.5. The molecule has 0 saturated carbocycles. The summed E-state index contributed by atoms with van der Waals surface area (Å²) in [6.07, 6.45) is 3.63. The van der Waals surface area contributed by atoms with Gasteiger partial charge < -0.3 is 20.4 Å². The topological polar surface area (TPSA) is 80.9 Å². The van der Waals surface area contributed by atoms with Crippen molar-refractivity contribution >= 4 is 6.08 Å². The van der Waals surface area contributed by atoms with Crippen LogP contribution in [0.15, 0.2) is 72.3 Å². The Hall–Kier alpha value is -4.08. The zero-order chi connectivity index (χ0) is 57.9. The fourth-order valence-corrected chi connectivity index (χ4v) is 11.0.